The molecule has 2 N–H and O–H groups in total. The molecule has 1 aliphatic carbocycles. The van der Waals surface area contributed by atoms with Gasteiger partial charge in [-0.25, -0.2) is 14.6 Å². The average molecular weight is 314 g/mol. The molecule has 0 unspecified atom stereocenters. The van der Waals surface area contributed by atoms with Gasteiger partial charge in [-0.05, 0) is 38.7 Å². The molecule has 23 heavy (non-hydrogen) atoms. The number of aryl methyl sites for hydroxylation is 2. The molecule has 0 aliphatic heterocycles. The Morgan fingerprint density at radius 1 is 1.26 bits per heavy atom. The Bertz CT molecular complexity index is 692. The number of rotatable bonds is 7. The van der Waals surface area contributed by atoms with Crippen LogP contribution in [0, 0.1) is 19.8 Å². The fraction of sp³-hybridized carbons (Fsp3) is 0.500. The van der Waals surface area contributed by atoms with Crippen LogP contribution in [-0.2, 0) is 4.79 Å². The third kappa shape index (κ3) is 4.28. The lowest BCUT2D eigenvalue weighted by molar-refractivity contribution is -0.121. The summed E-state index contributed by atoms with van der Waals surface area (Å²) in [4.78, 5) is 20.1. The SMILES string of the molecule is Cc1cc(C)n(-c2cc(NCCNC(=O)CC3CC3)ncn2)n1. The van der Waals surface area contributed by atoms with Crippen LogP contribution in [0.4, 0.5) is 5.82 Å². The highest BCUT2D eigenvalue weighted by molar-refractivity contribution is 5.76. The number of nitrogens with zero attached hydrogens (tertiary/aromatic N) is 4. The van der Waals surface area contributed by atoms with Crippen LogP contribution in [0.5, 0.6) is 0 Å². The molecule has 1 aliphatic rings. The minimum atomic E-state index is 0.139. The first-order valence-electron chi connectivity index (χ1n) is 7.98. The van der Waals surface area contributed by atoms with E-state index in [0.717, 1.165) is 23.0 Å². The summed E-state index contributed by atoms with van der Waals surface area (Å²) >= 11 is 0. The number of aromatic nitrogens is 4. The van der Waals surface area contributed by atoms with E-state index in [1.54, 1.807) is 4.68 Å². The van der Waals surface area contributed by atoms with Gasteiger partial charge in [0.05, 0.1) is 5.69 Å². The summed E-state index contributed by atoms with van der Waals surface area (Å²) in [6, 6.07) is 3.86. The van der Waals surface area contributed by atoms with Crippen LogP contribution in [0.1, 0.15) is 30.7 Å². The maximum absolute atomic E-state index is 11.6. The molecule has 122 valence electrons. The van der Waals surface area contributed by atoms with Gasteiger partial charge in [-0.2, -0.15) is 5.10 Å². The number of hydrogen-bond acceptors (Lipinski definition) is 5. The van der Waals surface area contributed by atoms with Crippen LogP contribution >= 0.6 is 0 Å². The van der Waals surface area contributed by atoms with Crippen molar-refractivity contribution in [3.8, 4) is 5.82 Å². The van der Waals surface area contributed by atoms with Crippen molar-refractivity contribution in [1.82, 2.24) is 25.1 Å². The van der Waals surface area contributed by atoms with E-state index in [0.29, 0.717) is 25.4 Å². The number of carbonyl (C=O) groups excluding carboxylic acids is 1. The molecule has 2 aromatic heterocycles. The number of amides is 1. The van der Waals surface area contributed by atoms with E-state index in [1.807, 2.05) is 26.0 Å². The maximum atomic E-state index is 11.6. The Balaban J connectivity index is 1.51. The molecule has 0 bridgehead atoms. The van der Waals surface area contributed by atoms with Crippen molar-refractivity contribution in [3.05, 3.63) is 29.8 Å². The van der Waals surface area contributed by atoms with Crippen LogP contribution in [-0.4, -0.2) is 38.7 Å². The van der Waals surface area contributed by atoms with Gasteiger partial charge in [-0.3, -0.25) is 4.79 Å². The van der Waals surface area contributed by atoms with Gasteiger partial charge in [0, 0.05) is 31.3 Å². The molecule has 7 nitrogen and oxygen atoms in total. The van der Waals surface area contributed by atoms with Gasteiger partial charge in [0.2, 0.25) is 5.91 Å². The van der Waals surface area contributed by atoms with E-state index in [1.165, 1.54) is 19.2 Å². The van der Waals surface area contributed by atoms with Crippen molar-refractivity contribution < 1.29 is 4.79 Å². The molecule has 1 amide bonds. The number of carbonyl (C=O) groups is 1. The Morgan fingerprint density at radius 3 is 2.78 bits per heavy atom. The predicted octanol–water partition coefficient (Wildman–Crippen LogP) is 1.61. The van der Waals surface area contributed by atoms with E-state index < -0.39 is 0 Å². The summed E-state index contributed by atoms with van der Waals surface area (Å²) in [6.07, 6.45) is 4.57. The molecule has 2 aromatic rings. The standard InChI is InChI=1S/C16H22N6O/c1-11-7-12(2)22(21-11)15-9-14(19-10-20-15)17-5-6-18-16(23)8-13-3-4-13/h7,9-10,13H,3-6,8H2,1-2H3,(H,18,23)(H,17,19,20). The van der Waals surface area contributed by atoms with Crippen molar-refractivity contribution in [2.24, 2.45) is 5.92 Å². The Kier molecular flexibility index (Phi) is 4.55. The fourth-order valence-corrected chi connectivity index (χ4v) is 2.47. The summed E-state index contributed by atoms with van der Waals surface area (Å²) in [5, 5.41) is 10.5. The number of hydrogen-bond donors (Lipinski definition) is 2. The van der Waals surface area contributed by atoms with Gasteiger partial charge >= 0.3 is 0 Å². The third-order valence-corrected chi connectivity index (χ3v) is 3.80. The van der Waals surface area contributed by atoms with E-state index in [2.05, 4.69) is 25.7 Å². The summed E-state index contributed by atoms with van der Waals surface area (Å²) in [5.41, 5.74) is 1.98. The number of anilines is 1. The monoisotopic (exact) mass is 314 g/mol. The summed E-state index contributed by atoms with van der Waals surface area (Å²) in [5.74, 6) is 2.21. The molecular formula is C16H22N6O. The summed E-state index contributed by atoms with van der Waals surface area (Å²) in [7, 11) is 0. The molecule has 1 saturated carbocycles. The van der Waals surface area contributed by atoms with Gasteiger partial charge in [0.15, 0.2) is 5.82 Å². The minimum absolute atomic E-state index is 0.139. The topological polar surface area (TPSA) is 84.7 Å². The van der Waals surface area contributed by atoms with E-state index in [4.69, 9.17) is 0 Å². The molecule has 0 radical (unpaired) electrons. The zero-order chi connectivity index (χ0) is 16.2. The second-order valence-corrected chi connectivity index (χ2v) is 6.02. The summed E-state index contributed by atoms with van der Waals surface area (Å²) < 4.78 is 1.79. The second kappa shape index (κ2) is 6.76. The average Bonchev–Trinajstić information content (AvgIpc) is 3.26. The highest BCUT2D eigenvalue weighted by Crippen LogP contribution is 2.31. The quantitative estimate of drug-likeness (QED) is 0.758. The molecule has 0 spiro atoms. The Morgan fingerprint density at radius 2 is 2.09 bits per heavy atom. The highest BCUT2D eigenvalue weighted by Gasteiger charge is 2.23. The molecule has 1 fully saturated rings. The zero-order valence-corrected chi connectivity index (χ0v) is 13.5. The van der Waals surface area contributed by atoms with Crippen LogP contribution in [0.15, 0.2) is 18.5 Å². The van der Waals surface area contributed by atoms with E-state index in [9.17, 15) is 4.79 Å². The molecule has 0 saturated heterocycles. The second-order valence-electron chi connectivity index (χ2n) is 6.02. The lowest BCUT2D eigenvalue weighted by atomic mass is 10.3. The van der Waals surface area contributed by atoms with E-state index >= 15 is 0 Å². The maximum Gasteiger partial charge on any atom is 0.220 e. The first kappa shape index (κ1) is 15.5. The Hall–Kier alpha value is -2.44. The molecule has 7 heteroatoms. The third-order valence-electron chi connectivity index (χ3n) is 3.80. The fourth-order valence-electron chi connectivity index (χ4n) is 2.47. The lowest BCUT2D eigenvalue weighted by Crippen LogP contribution is -2.29. The predicted molar refractivity (Wildman–Crippen MR) is 87.5 cm³/mol. The zero-order valence-electron chi connectivity index (χ0n) is 13.5. The summed E-state index contributed by atoms with van der Waals surface area (Å²) in [6.45, 7) is 5.16. The van der Waals surface area contributed by atoms with Gasteiger partial charge in [0.25, 0.3) is 0 Å². The smallest absolute Gasteiger partial charge is 0.220 e. The first-order valence-corrected chi connectivity index (χ1v) is 7.98. The van der Waals surface area contributed by atoms with Crippen molar-refractivity contribution in [1.29, 1.82) is 0 Å². The van der Waals surface area contributed by atoms with Gasteiger partial charge < -0.3 is 10.6 Å². The normalized spacial score (nSPS) is 13.8. The molecule has 2 heterocycles. The molecular weight excluding hydrogens is 292 g/mol. The van der Waals surface area contributed by atoms with Crippen molar-refractivity contribution in [2.45, 2.75) is 33.1 Å². The van der Waals surface area contributed by atoms with Crippen molar-refractivity contribution >= 4 is 11.7 Å². The van der Waals surface area contributed by atoms with Gasteiger partial charge in [0.1, 0.15) is 12.1 Å². The largest absolute Gasteiger partial charge is 0.368 e. The van der Waals surface area contributed by atoms with E-state index in [-0.39, 0.29) is 5.91 Å². The van der Waals surface area contributed by atoms with Crippen LogP contribution in [0.3, 0.4) is 0 Å². The van der Waals surface area contributed by atoms with Gasteiger partial charge in [-0.1, -0.05) is 0 Å². The lowest BCUT2D eigenvalue weighted by Gasteiger charge is -2.09. The number of nitrogens with one attached hydrogen (secondary N) is 2. The molecule has 0 aromatic carbocycles. The highest BCUT2D eigenvalue weighted by atomic mass is 16.1. The van der Waals surface area contributed by atoms with Gasteiger partial charge in [-0.15, -0.1) is 0 Å². The first-order chi connectivity index (χ1) is 11.1. The van der Waals surface area contributed by atoms with Crippen LogP contribution in [0.2, 0.25) is 0 Å². The van der Waals surface area contributed by atoms with Crippen LogP contribution in [0.25, 0.3) is 5.82 Å². The Labute approximate surface area is 135 Å². The molecule has 3 rings (SSSR count). The van der Waals surface area contributed by atoms with Crippen molar-refractivity contribution in [2.75, 3.05) is 18.4 Å². The minimum Gasteiger partial charge on any atom is -0.368 e. The van der Waals surface area contributed by atoms with Crippen molar-refractivity contribution in [3.63, 3.8) is 0 Å². The molecule has 0 atom stereocenters. The van der Waals surface area contributed by atoms with Crippen LogP contribution < -0.4 is 10.6 Å².